The van der Waals surface area contributed by atoms with Crippen molar-refractivity contribution in [1.82, 2.24) is 14.9 Å². The van der Waals surface area contributed by atoms with Gasteiger partial charge in [0.1, 0.15) is 0 Å². The monoisotopic (exact) mass is 311 g/mol. The molecule has 4 heterocycles. The minimum Gasteiger partial charge on any atom is -0.477 e. The fraction of sp³-hybridized carbons (Fsp3) is 0.444. The molecule has 0 unspecified atom stereocenters. The first-order valence-electron chi connectivity index (χ1n) is 8.13. The van der Waals surface area contributed by atoms with Gasteiger partial charge in [0.05, 0.1) is 12.2 Å². The van der Waals surface area contributed by atoms with E-state index in [1.54, 1.807) is 6.20 Å². The third-order valence-corrected chi connectivity index (χ3v) is 4.78. The number of nitrogens with zero attached hydrogens (tertiary/aromatic N) is 3. The van der Waals surface area contributed by atoms with Gasteiger partial charge in [-0.2, -0.15) is 0 Å². The van der Waals surface area contributed by atoms with Gasteiger partial charge < -0.3 is 9.47 Å². The summed E-state index contributed by atoms with van der Waals surface area (Å²) in [7, 11) is 0. The average molecular weight is 311 g/mol. The lowest BCUT2D eigenvalue weighted by molar-refractivity contribution is -0.140. The molecular weight excluding hydrogens is 290 g/mol. The van der Waals surface area contributed by atoms with Crippen LogP contribution in [0.25, 0.3) is 0 Å². The topological polar surface area (TPSA) is 47.5 Å². The normalized spacial score (nSPS) is 22.9. The summed E-state index contributed by atoms with van der Waals surface area (Å²) in [6, 6.07) is 9.85. The zero-order valence-electron chi connectivity index (χ0n) is 13.1. The van der Waals surface area contributed by atoms with Crippen molar-refractivity contribution in [2.75, 3.05) is 26.3 Å². The molecule has 0 radical (unpaired) electrons. The van der Waals surface area contributed by atoms with Crippen molar-refractivity contribution in [3.8, 4) is 5.88 Å². The number of pyridine rings is 2. The third kappa shape index (κ3) is 3.07. The van der Waals surface area contributed by atoms with Crippen LogP contribution >= 0.6 is 0 Å². The summed E-state index contributed by atoms with van der Waals surface area (Å²) >= 11 is 0. The van der Waals surface area contributed by atoms with Crippen molar-refractivity contribution >= 4 is 0 Å². The smallest absolute Gasteiger partial charge is 0.213 e. The Labute approximate surface area is 136 Å². The van der Waals surface area contributed by atoms with Crippen LogP contribution in [0.2, 0.25) is 0 Å². The summed E-state index contributed by atoms with van der Waals surface area (Å²) in [5, 5.41) is 0. The van der Waals surface area contributed by atoms with Crippen molar-refractivity contribution in [3.05, 3.63) is 54.5 Å². The highest BCUT2D eigenvalue weighted by atomic mass is 16.5. The van der Waals surface area contributed by atoms with E-state index in [1.807, 2.05) is 36.7 Å². The number of rotatable bonds is 5. The second kappa shape index (κ2) is 6.26. The van der Waals surface area contributed by atoms with Crippen LogP contribution in [0.3, 0.4) is 0 Å². The van der Waals surface area contributed by atoms with Crippen LogP contribution in [0, 0.1) is 5.92 Å². The van der Waals surface area contributed by atoms with Gasteiger partial charge in [0.2, 0.25) is 5.88 Å². The Morgan fingerprint density at radius 3 is 2.96 bits per heavy atom. The van der Waals surface area contributed by atoms with Gasteiger partial charge in [-0.15, -0.1) is 0 Å². The van der Waals surface area contributed by atoms with Crippen LogP contribution in [-0.4, -0.2) is 46.8 Å². The average Bonchev–Trinajstić information content (AvgIpc) is 2.98. The van der Waals surface area contributed by atoms with Crippen molar-refractivity contribution in [1.29, 1.82) is 0 Å². The molecule has 1 spiro atoms. The number of hydrogen-bond donors (Lipinski definition) is 0. The van der Waals surface area contributed by atoms with Crippen molar-refractivity contribution < 1.29 is 9.47 Å². The molecule has 2 aliphatic rings. The van der Waals surface area contributed by atoms with Crippen LogP contribution in [0.15, 0.2) is 48.9 Å². The second-order valence-electron chi connectivity index (χ2n) is 6.38. The van der Waals surface area contributed by atoms with Crippen LogP contribution in [0.4, 0.5) is 0 Å². The van der Waals surface area contributed by atoms with Gasteiger partial charge in [-0.3, -0.25) is 9.88 Å². The maximum Gasteiger partial charge on any atom is 0.213 e. The van der Waals surface area contributed by atoms with Crippen LogP contribution in [0.5, 0.6) is 5.88 Å². The Balaban J connectivity index is 1.32. The molecule has 0 saturated carbocycles. The molecule has 2 aliphatic heterocycles. The van der Waals surface area contributed by atoms with Crippen molar-refractivity contribution in [2.24, 2.45) is 5.92 Å². The van der Waals surface area contributed by atoms with E-state index in [0.717, 1.165) is 32.7 Å². The molecule has 0 N–H and O–H groups in total. The van der Waals surface area contributed by atoms with E-state index >= 15 is 0 Å². The molecule has 2 aromatic heterocycles. The minimum absolute atomic E-state index is 0.0308. The van der Waals surface area contributed by atoms with Crippen molar-refractivity contribution in [3.63, 3.8) is 0 Å². The molecule has 2 aromatic rings. The Bertz CT molecular complexity index is 629. The van der Waals surface area contributed by atoms with Gasteiger partial charge >= 0.3 is 0 Å². The highest BCUT2D eigenvalue weighted by Gasteiger charge is 2.53. The highest BCUT2D eigenvalue weighted by Crippen LogP contribution is 2.40. The summed E-state index contributed by atoms with van der Waals surface area (Å²) in [5.74, 6) is 1.13. The number of aromatic nitrogens is 2. The Morgan fingerprint density at radius 2 is 2.17 bits per heavy atom. The lowest BCUT2D eigenvalue weighted by Crippen LogP contribution is -2.64. The molecule has 0 aromatic carbocycles. The predicted molar refractivity (Wildman–Crippen MR) is 86.0 cm³/mol. The third-order valence-electron chi connectivity index (χ3n) is 4.78. The predicted octanol–water partition coefficient (Wildman–Crippen LogP) is 2.15. The van der Waals surface area contributed by atoms with Gasteiger partial charge in [0, 0.05) is 56.8 Å². The molecule has 5 heteroatoms. The first-order valence-corrected chi connectivity index (χ1v) is 8.13. The summed E-state index contributed by atoms with van der Waals surface area (Å²) in [5.41, 5.74) is 1.22. The molecule has 4 rings (SSSR count). The Morgan fingerprint density at radius 1 is 1.22 bits per heavy atom. The van der Waals surface area contributed by atoms with Crippen molar-refractivity contribution in [2.45, 2.75) is 18.6 Å². The van der Waals surface area contributed by atoms with Crippen LogP contribution < -0.4 is 4.74 Å². The van der Waals surface area contributed by atoms with Gasteiger partial charge in [0.25, 0.3) is 0 Å². The molecule has 120 valence electrons. The zero-order chi connectivity index (χ0) is 15.5. The van der Waals surface area contributed by atoms with E-state index in [9.17, 15) is 0 Å². The number of ether oxygens (including phenoxy) is 2. The van der Waals surface area contributed by atoms with E-state index in [4.69, 9.17) is 9.47 Å². The van der Waals surface area contributed by atoms with Gasteiger partial charge in [-0.25, -0.2) is 4.98 Å². The summed E-state index contributed by atoms with van der Waals surface area (Å²) in [4.78, 5) is 10.8. The molecule has 5 nitrogen and oxygen atoms in total. The second-order valence-corrected chi connectivity index (χ2v) is 6.38. The minimum atomic E-state index is -0.0308. The van der Waals surface area contributed by atoms with E-state index in [-0.39, 0.29) is 5.60 Å². The largest absolute Gasteiger partial charge is 0.477 e. The molecule has 23 heavy (non-hydrogen) atoms. The van der Waals surface area contributed by atoms with Crippen LogP contribution in [0.1, 0.15) is 12.0 Å². The Kier molecular flexibility index (Phi) is 3.97. The molecule has 1 atom stereocenters. The molecule has 2 fully saturated rings. The van der Waals surface area contributed by atoms with Gasteiger partial charge in [-0.1, -0.05) is 12.1 Å². The fourth-order valence-electron chi connectivity index (χ4n) is 3.56. The maximum atomic E-state index is 6.09. The summed E-state index contributed by atoms with van der Waals surface area (Å²) in [6.45, 7) is 4.39. The molecule has 2 saturated heterocycles. The highest BCUT2D eigenvalue weighted by molar-refractivity contribution is 5.13. The van der Waals surface area contributed by atoms with Crippen LogP contribution in [-0.2, 0) is 11.3 Å². The lowest BCUT2D eigenvalue weighted by Gasteiger charge is -2.50. The van der Waals surface area contributed by atoms with E-state index in [2.05, 4.69) is 20.9 Å². The van der Waals surface area contributed by atoms with E-state index in [0.29, 0.717) is 18.4 Å². The standard InChI is InChI=1S/C18H21N3O2/c1-2-8-20-17(5-1)22-12-16-6-9-23-18(16)13-21(14-18)11-15-4-3-7-19-10-15/h1-5,7-8,10,16H,6,9,11-14H2/t16-/m0/s1. The Hall–Kier alpha value is -1.98. The van der Waals surface area contributed by atoms with Gasteiger partial charge in [-0.05, 0) is 24.1 Å². The molecule has 0 amide bonds. The first-order chi connectivity index (χ1) is 11.3. The summed E-state index contributed by atoms with van der Waals surface area (Å²) in [6.07, 6.45) is 6.57. The zero-order valence-corrected chi connectivity index (χ0v) is 13.1. The summed E-state index contributed by atoms with van der Waals surface area (Å²) < 4.78 is 11.9. The maximum absolute atomic E-state index is 6.09. The quantitative estimate of drug-likeness (QED) is 0.847. The number of hydrogen-bond acceptors (Lipinski definition) is 5. The number of likely N-dealkylation sites (tertiary alicyclic amines) is 1. The molecular formula is C18H21N3O2. The van der Waals surface area contributed by atoms with E-state index < -0.39 is 0 Å². The van der Waals surface area contributed by atoms with Gasteiger partial charge in [0.15, 0.2) is 0 Å². The first kappa shape index (κ1) is 14.6. The molecule has 0 aliphatic carbocycles. The SMILES string of the molecule is c1ccc(OC[C@@H]2CCOC23CN(Cc2cccnc2)C3)nc1. The molecule has 0 bridgehead atoms. The lowest BCUT2D eigenvalue weighted by atomic mass is 9.81. The fourth-order valence-corrected chi connectivity index (χ4v) is 3.56. The van der Waals surface area contributed by atoms with E-state index in [1.165, 1.54) is 5.56 Å².